The molecule has 4 heterocycles. The number of anilines is 1. The van der Waals surface area contributed by atoms with Crippen LogP contribution in [0.2, 0.25) is 5.02 Å². The van der Waals surface area contributed by atoms with E-state index in [1.54, 1.807) is 26.0 Å². The van der Waals surface area contributed by atoms with Gasteiger partial charge < -0.3 is 34.9 Å². The Morgan fingerprint density at radius 2 is 1.91 bits per heavy atom. The lowest BCUT2D eigenvalue weighted by atomic mass is 9.72. The Hall–Kier alpha value is -4.09. The van der Waals surface area contributed by atoms with Crippen molar-refractivity contribution < 1.29 is 33.4 Å². The van der Waals surface area contributed by atoms with Gasteiger partial charge >= 0.3 is 5.97 Å². The Morgan fingerprint density at radius 3 is 2.60 bits per heavy atom. The number of amides is 2. The fourth-order valence-corrected chi connectivity index (χ4v) is 6.29. The van der Waals surface area contributed by atoms with Crippen molar-refractivity contribution in [2.75, 3.05) is 12.4 Å². The van der Waals surface area contributed by atoms with Crippen LogP contribution in [0.25, 0.3) is 0 Å². The topological polar surface area (TPSA) is 152 Å². The van der Waals surface area contributed by atoms with Gasteiger partial charge in [-0.3, -0.25) is 9.59 Å². The molecule has 2 amide bonds. The molecule has 1 aromatic heterocycles. The Kier molecular flexibility index (Phi) is 7.13. The Morgan fingerprint density at radius 1 is 1.14 bits per heavy atom. The summed E-state index contributed by atoms with van der Waals surface area (Å²) in [5.74, 6) is -1.60. The number of esters is 1. The highest BCUT2D eigenvalue weighted by atomic mass is 35.5. The van der Waals surface area contributed by atoms with Crippen LogP contribution in [0, 0.1) is 11.8 Å². The van der Waals surface area contributed by atoms with Crippen molar-refractivity contribution in [2.45, 2.75) is 63.9 Å². The smallest absolute Gasteiger partial charge is 0.360 e. The summed E-state index contributed by atoms with van der Waals surface area (Å²) in [6.07, 6.45) is -1.90. The highest BCUT2D eigenvalue weighted by molar-refractivity contribution is 6.30. The van der Waals surface area contributed by atoms with Gasteiger partial charge in [-0.15, -0.1) is 0 Å². The van der Waals surface area contributed by atoms with E-state index in [-0.39, 0.29) is 35.6 Å². The summed E-state index contributed by atoms with van der Waals surface area (Å²) < 4.78 is 18.1. The van der Waals surface area contributed by atoms with Gasteiger partial charge in [0.15, 0.2) is 17.7 Å². The monoisotopic (exact) mass is 608 g/mol. The lowest BCUT2D eigenvalue weighted by Crippen LogP contribution is -2.52. The summed E-state index contributed by atoms with van der Waals surface area (Å²) in [5.41, 5.74) is 1.60. The molecule has 6 rings (SSSR count). The van der Waals surface area contributed by atoms with Gasteiger partial charge in [-0.1, -0.05) is 51.4 Å². The Labute approximate surface area is 253 Å². The molecule has 5 atom stereocenters. The number of carbonyl (C=O) groups is 3. The van der Waals surface area contributed by atoms with Crippen molar-refractivity contribution in [2.24, 2.45) is 11.8 Å². The predicted molar refractivity (Wildman–Crippen MR) is 156 cm³/mol. The maximum Gasteiger partial charge on any atom is 0.360 e. The third kappa shape index (κ3) is 4.53. The third-order valence-electron chi connectivity index (χ3n) is 8.38. The number of halogens is 1. The molecule has 4 bridgehead atoms. The molecule has 0 aliphatic carbocycles. The summed E-state index contributed by atoms with van der Waals surface area (Å²) >= 11 is 6.52. The number of fused-ring (bicyclic) bond motifs is 4. The molecule has 0 saturated heterocycles. The number of ether oxygens (including phenoxy) is 2. The Balaban J connectivity index is 1.61. The number of aliphatic hydroxyl groups excluding tert-OH is 1. The average Bonchev–Trinajstić information content (AvgIpc) is 3.63. The van der Waals surface area contributed by atoms with Gasteiger partial charge in [-0.25, -0.2) is 9.78 Å². The van der Waals surface area contributed by atoms with E-state index >= 15 is 0 Å². The molecule has 3 aromatic rings. The molecule has 1 unspecified atom stereocenters. The van der Waals surface area contributed by atoms with Crippen molar-refractivity contribution in [3.63, 3.8) is 0 Å². The number of aliphatic hydroxyl groups is 1. The normalized spacial score (nSPS) is 24.1. The van der Waals surface area contributed by atoms with E-state index in [1.165, 1.54) is 7.11 Å². The van der Waals surface area contributed by atoms with Crippen LogP contribution in [-0.2, 0) is 26.2 Å². The summed E-state index contributed by atoms with van der Waals surface area (Å²) in [7, 11) is 1.26. The van der Waals surface area contributed by atoms with Crippen LogP contribution in [0.5, 0.6) is 5.75 Å². The molecule has 43 heavy (non-hydrogen) atoms. The van der Waals surface area contributed by atoms with Crippen molar-refractivity contribution in [3.05, 3.63) is 75.5 Å². The van der Waals surface area contributed by atoms with E-state index in [9.17, 15) is 19.5 Å². The zero-order valence-corrected chi connectivity index (χ0v) is 25.1. The van der Waals surface area contributed by atoms with Crippen molar-refractivity contribution >= 4 is 35.1 Å². The van der Waals surface area contributed by atoms with Gasteiger partial charge in [0.05, 0.1) is 7.11 Å². The van der Waals surface area contributed by atoms with Gasteiger partial charge in [0.25, 0.3) is 0 Å². The van der Waals surface area contributed by atoms with Crippen LogP contribution < -0.4 is 20.7 Å². The van der Waals surface area contributed by atoms with Crippen LogP contribution in [0.1, 0.15) is 72.6 Å². The van der Waals surface area contributed by atoms with Crippen molar-refractivity contribution in [1.82, 2.24) is 15.6 Å². The first-order chi connectivity index (χ1) is 20.4. The van der Waals surface area contributed by atoms with E-state index < -0.39 is 47.6 Å². The minimum atomic E-state index is -1.30. The summed E-state index contributed by atoms with van der Waals surface area (Å²) in [5, 5.41) is 20.0. The second kappa shape index (κ2) is 10.6. The van der Waals surface area contributed by atoms with Gasteiger partial charge in [0.2, 0.25) is 17.7 Å². The molecule has 2 aromatic carbocycles. The molecule has 12 heteroatoms. The highest BCUT2D eigenvalue weighted by Gasteiger charge is 2.61. The van der Waals surface area contributed by atoms with Crippen LogP contribution in [-0.4, -0.2) is 53.4 Å². The Bertz CT molecular complexity index is 1640. The molecule has 0 fully saturated rings. The van der Waals surface area contributed by atoms with Crippen LogP contribution in [0.3, 0.4) is 0 Å². The minimum Gasteiger partial charge on any atom is -0.469 e. The number of carbonyl (C=O) groups excluding carboxylic acids is 3. The van der Waals surface area contributed by atoms with Crippen LogP contribution >= 0.6 is 11.6 Å². The molecule has 3 aliphatic heterocycles. The number of hydrogen-bond donors (Lipinski definition) is 4. The quantitative estimate of drug-likeness (QED) is 0.319. The maximum atomic E-state index is 13.8. The summed E-state index contributed by atoms with van der Waals surface area (Å²) in [4.78, 5) is 44.6. The number of benzene rings is 2. The van der Waals surface area contributed by atoms with Gasteiger partial charge in [-0.2, -0.15) is 0 Å². The first-order valence-corrected chi connectivity index (χ1v) is 14.6. The maximum absolute atomic E-state index is 13.8. The second-order valence-electron chi connectivity index (χ2n) is 11.9. The zero-order chi connectivity index (χ0) is 30.8. The number of nitrogens with one attached hydrogen (secondary N) is 3. The molecule has 0 saturated carbocycles. The van der Waals surface area contributed by atoms with Crippen LogP contribution in [0.4, 0.5) is 5.69 Å². The number of nitrogens with zero attached hydrogens (tertiary/aromatic N) is 1. The molecule has 226 valence electrons. The fourth-order valence-electron chi connectivity index (χ4n) is 6.11. The zero-order valence-electron chi connectivity index (χ0n) is 24.4. The average molecular weight is 609 g/mol. The fraction of sp³-hybridized carbons (Fsp3) is 0.419. The molecular formula is C31H33ClN4O7. The first kappa shape index (κ1) is 29.0. The van der Waals surface area contributed by atoms with E-state index in [0.717, 1.165) is 11.3 Å². The number of aromatic nitrogens is 1. The minimum absolute atomic E-state index is 0.0527. The molecule has 3 aliphatic rings. The van der Waals surface area contributed by atoms with E-state index in [2.05, 4.69) is 20.9 Å². The number of rotatable bonds is 5. The molecule has 0 radical (unpaired) electrons. The number of hydrogen-bond acceptors (Lipinski definition) is 9. The summed E-state index contributed by atoms with van der Waals surface area (Å²) in [6.45, 7) is 7.19. The first-order valence-electron chi connectivity index (χ1n) is 14.2. The van der Waals surface area contributed by atoms with Crippen molar-refractivity contribution in [3.8, 4) is 5.75 Å². The number of methoxy groups -OCH3 is 1. The molecular weight excluding hydrogens is 576 g/mol. The van der Waals surface area contributed by atoms with Gasteiger partial charge in [-0.05, 0) is 41.7 Å². The van der Waals surface area contributed by atoms with Gasteiger partial charge in [0, 0.05) is 28.3 Å². The predicted octanol–water partition coefficient (Wildman–Crippen LogP) is 3.46. The molecule has 4 N–H and O–H groups in total. The second-order valence-corrected chi connectivity index (χ2v) is 12.3. The summed E-state index contributed by atoms with van der Waals surface area (Å²) in [6, 6.07) is 9.07. The van der Waals surface area contributed by atoms with E-state index in [0.29, 0.717) is 21.9 Å². The van der Waals surface area contributed by atoms with E-state index in [1.807, 2.05) is 38.1 Å². The number of oxazole rings is 1. The van der Waals surface area contributed by atoms with Crippen molar-refractivity contribution in [1.29, 1.82) is 0 Å². The largest absolute Gasteiger partial charge is 0.469 e. The highest BCUT2D eigenvalue weighted by Crippen LogP contribution is 2.59. The van der Waals surface area contributed by atoms with E-state index in [4.69, 9.17) is 25.5 Å². The lowest BCUT2D eigenvalue weighted by Gasteiger charge is -2.29. The van der Waals surface area contributed by atoms with Gasteiger partial charge in [0.1, 0.15) is 29.4 Å². The third-order valence-corrected chi connectivity index (χ3v) is 8.62. The standard InChI is InChI=1S/C31H33ClN4O7/c1-13(2)22-28-36-23(29(40)41-5)25(43-28)31-17-12-16(32)7-8-19(17)34-30(31)42-21-9-6-15(10-18(21)31)11-20(26(38)35-22)33-27(39)24(37)14(3)4/h6-10,12-14,20,22,24,30,34,37H,11H2,1-5H3,(H,33,39)(H,35,38)/t20-,22-,24-,30?,31-/m0/s1. The van der Waals surface area contributed by atoms with Crippen LogP contribution in [0.15, 0.2) is 40.8 Å². The lowest BCUT2D eigenvalue weighted by molar-refractivity contribution is -0.135. The molecule has 1 spiro atoms. The molecule has 11 nitrogen and oxygen atoms in total. The SMILES string of the molecule is COC(=O)c1nc2oc1[C@@]13c4cc(Cl)ccc4NC1Oc1ccc(cc13)C[C@H](NC(=O)[C@@H](O)C(C)C)C(=O)N[C@H]2C(C)C.